The third-order valence-corrected chi connectivity index (χ3v) is 2.76. The number of pyridine rings is 1. The van der Waals surface area contributed by atoms with Gasteiger partial charge in [0.05, 0.1) is 5.39 Å². The van der Waals surface area contributed by atoms with E-state index in [1.54, 1.807) is 6.20 Å². The first-order valence-corrected chi connectivity index (χ1v) is 4.76. The summed E-state index contributed by atoms with van der Waals surface area (Å²) in [5, 5.41) is 1.72. The lowest BCUT2D eigenvalue weighted by Gasteiger charge is -2.01. The van der Waals surface area contributed by atoms with Crippen molar-refractivity contribution in [1.29, 1.82) is 0 Å². The Morgan fingerprint density at radius 3 is 2.77 bits per heavy atom. The lowest BCUT2D eigenvalue weighted by Crippen LogP contribution is -2.05. The molecule has 0 atom stereocenters. The topological polar surface area (TPSA) is 32.9 Å². The van der Waals surface area contributed by atoms with Gasteiger partial charge in [-0.05, 0) is 45.9 Å². The number of rotatable bonds is 0. The Morgan fingerprint density at radius 1 is 1.31 bits per heavy atom. The van der Waals surface area contributed by atoms with E-state index < -0.39 is 0 Å². The summed E-state index contributed by atoms with van der Waals surface area (Å²) in [5.74, 6) is 0. The quantitative estimate of drug-likeness (QED) is 0.751. The normalized spacial score (nSPS) is 10.6. The molecule has 0 amide bonds. The Hall–Kier alpha value is -1.09. The number of hydrogen-bond donors (Lipinski definition) is 1. The van der Waals surface area contributed by atoms with Crippen LogP contribution in [-0.4, -0.2) is 4.98 Å². The van der Waals surface area contributed by atoms with Gasteiger partial charge in [-0.15, -0.1) is 0 Å². The molecule has 0 saturated carbocycles. The number of benzene rings is 1. The fraction of sp³-hybridized carbons (Fsp3) is 0.100. The van der Waals surface area contributed by atoms with E-state index in [-0.39, 0.29) is 5.56 Å². The van der Waals surface area contributed by atoms with Crippen LogP contribution in [0.25, 0.3) is 10.8 Å². The van der Waals surface area contributed by atoms with E-state index in [4.69, 9.17) is 0 Å². The predicted octanol–water partition coefficient (Wildman–Crippen LogP) is 2.60. The minimum Gasteiger partial charge on any atom is -0.329 e. The van der Waals surface area contributed by atoms with Crippen molar-refractivity contribution in [2.24, 2.45) is 0 Å². The summed E-state index contributed by atoms with van der Waals surface area (Å²) in [5.41, 5.74) is 1.07. The molecule has 2 aromatic rings. The number of hydrogen-bond acceptors (Lipinski definition) is 1. The number of H-pyrrole nitrogens is 1. The molecule has 66 valence electrons. The molecule has 0 saturated heterocycles. The average molecular weight is 238 g/mol. The van der Waals surface area contributed by atoms with E-state index in [9.17, 15) is 4.79 Å². The van der Waals surface area contributed by atoms with E-state index in [0.29, 0.717) is 0 Å². The van der Waals surface area contributed by atoms with Crippen molar-refractivity contribution < 1.29 is 0 Å². The molecule has 0 fully saturated rings. The molecular formula is C10H8BrNO. The van der Waals surface area contributed by atoms with Gasteiger partial charge < -0.3 is 4.98 Å². The van der Waals surface area contributed by atoms with E-state index in [2.05, 4.69) is 20.9 Å². The first-order valence-electron chi connectivity index (χ1n) is 3.96. The number of aromatic amines is 1. The van der Waals surface area contributed by atoms with E-state index in [1.807, 2.05) is 25.1 Å². The summed E-state index contributed by atoms with van der Waals surface area (Å²) in [6, 6.07) is 5.80. The highest BCUT2D eigenvalue weighted by Crippen LogP contribution is 2.22. The zero-order valence-electron chi connectivity index (χ0n) is 7.10. The van der Waals surface area contributed by atoms with Crippen LogP contribution in [0.3, 0.4) is 0 Å². The molecule has 1 N–H and O–H groups in total. The van der Waals surface area contributed by atoms with E-state index in [0.717, 1.165) is 20.8 Å². The van der Waals surface area contributed by atoms with Crippen molar-refractivity contribution in [2.75, 3.05) is 0 Å². The van der Waals surface area contributed by atoms with Gasteiger partial charge >= 0.3 is 0 Å². The lowest BCUT2D eigenvalue weighted by atomic mass is 10.1. The predicted molar refractivity (Wildman–Crippen MR) is 57.0 cm³/mol. The molecular weight excluding hydrogens is 230 g/mol. The minimum atomic E-state index is -0.0481. The Bertz CT molecular complexity index is 516. The van der Waals surface area contributed by atoms with Gasteiger partial charge in [-0.1, -0.05) is 6.07 Å². The highest BCUT2D eigenvalue weighted by Gasteiger charge is 2.03. The zero-order valence-corrected chi connectivity index (χ0v) is 8.68. The van der Waals surface area contributed by atoms with Gasteiger partial charge in [0.2, 0.25) is 0 Å². The van der Waals surface area contributed by atoms with Crippen LogP contribution in [0.4, 0.5) is 0 Å². The molecule has 0 bridgehead atoms. The average Bonchev–Trinajstić information content (AvgIpc) is 2.12. The Labute approximate surface area is 83.7 Å². The summed E-state index contributed by atoms with van der Waals surface area (Å²) < 4.78 is 0.843. The fourth-order valence-electron chi connectivity index (χ4n) is 1.42. The highest BCUT2D eigenvalue weighted by molar-refractivity contribution is 9.10. The maximum atomic E-state index is 11.5. The lowest BCUT2D eigenvalue weighted by molar-refractivity contribution is 1.27. The standard InChI is InChI=1S/C10H8BrNO/c1-6-2-3-8(11)9-7(6)4-5-12-10(9)13/h2-5H,1H3,(H,12,13). The SMILES string of the molecule is Cc1ccc(Br)c2c(=O)[nH]ccc12. The van der Waals surface area contributed by atoms with Gasteiger partial charge in [-0.25, -0.2) is 0 Å². The highest BCUT2D eigenvalue weighted by atomic mass is 79.9. The van der Waals surface area contributed by atoms with Crippen molar-refractivity contribution in [3.8, 4) is 0 Å². The molecule has 0 unspecified atom stereocenters. The summed E-state index contributed by atoms with van der Waals surface area (Å²) >= 11 is 3.36. The smallest absolute Gasteiger partial charge is 0.256 e. The summed E-state index contributed by atoms with van der Waals surface area (Å²) in [6.45, 7) is 1.99. The van der Waals surface area contributed by atoms with Crippen molar-refractivity contribution >= 4 is 26.7 Å². The molecule has 1 heterocycles. The van der Waals surface area contributed by atoms with Gasteiger partial charge in [0.1, 0.15) is 0 Å². The Morgan fingerprint density at radius 2 is 2.08 bits per heavy atom. The Balaban J connectivity index is 3.09. The van der Waals surface area contributed by atoms with Crippen LogP contribution < -0.4 is 5.56 Å². The van der Waals surface area contributed by atoms with Crippen molar-refractivity contribution in [3.63, 3.8) is 0 Å². The van der Waals surface area contributed by atoms with Gasteiger partial charge in [0.25, 0.3) is 5.56 Å². The summed E-state index contributed by atoms with van der Waals surface area (Å²) in [6.07, 6.45) is 1.67. The van der Waals surface area contributed by atoms with Crippen molar-refractivity contribution in [3.05, 3.63) is 44.8 Å². The second-order valence-electron chi connectivity index (χ2n) is 2.96. The first-order chi connectivity index (χ1) is 6.20. The van der Waals surface area contributed by atoms with Crippen LogP contribution in [0.15, 0.2) is 33.7 Å². The monoisotopic (exact) mass is 237 g/mol. The van der Waals surface area contributed by atoms with Crippen molar-refractivity contribution in [2.45, 2.75) is 6.92 Å². The van der Waals surface area contributed by atoms with Crippen LogP contribution in [0.5, 0.6) is 0 Å². The second kappa shape index (κ2) is 3.00. The molecule has 0 radical (unpaired) electrons. The van der Waals surface area contributed by atoms with E-state index >= 15 is 0 Å². The molecule has 1 aromatic carbocycles. The van der Waals surface area contributed by atoms with Crippen LogP contribution in [-0.2, 0) is 0 Å². The van der Waals surface area contributed by atoms with Gasteiger partial charge in [0.15, 0.2) is 0 Å². The molecule has 0 aliphatic heterocycles. The summed E-state index contributed by atoms with van der Waals surface area (Å²) in [7, 11) is 0. The van der Waals surface area contributed by atoms with Crippen LogP contribution in [0.2, 0.25) is 0 Å². The third-order valence-electron chi connectivity index (χ3n) is 2.10. The minimum absolute atomic E-state index is 0.0481. The number of fused-ring (bicyclic) bond motifs is 1. The first kappa shape index (κ1) is 8.51. The van der Waals surface area contributed by atoms with Crippen LogP contribution >= 0.6 is 15.9 Å². The van der Waals surface area contributed by atoms with E-state index in [1.165, 1.54) is 0 Å². The molecule has 1 aromatic heterocycles. The number of nitrogens with one attached hydrogen (secondary N) is 1. The summed E-state index contributed by atoms with van der Waals surface area (Å²) in [4.78, 5) is 14.1. The number of aryl methyl sites for hydroxylation is 1. The van der Waals surface area contributed by atoms with Crippen LogP contribution in [0, 0.1) is 6.92 Å². The molecule has 2 rings (SSSR count). The third kappa shape index (κ3) is 1.29. The van der Waals surface area contributed by atoms with Gasteiger partial charge in [-0.2, -0.15) is 0 Å². The molecule has 13 heavy (non-hydrogen) atoms. The molecule has 0 aliphatic rings. The molecule has 3 heteroatoms. The Kier molecular flexibility index (Phi) is 1.96. The van der Waals surface area contributed by atoms with Crippen LogP contribution in [0.1, 0.15) is 5.56 Å². The maximum Gasteiger partial charge on any atom is 0.256 e. The van der Waals surface area contributed by atoms with Gasteiger partial charge in [0, 0.05) is 10.7 Å². The zero-order chi connectivity index (χ0) is 9.42. The van der Waals surface area contributed by atoms with Crippen molar-refractivity contribution in [1.82, 2.24) is 4.98 Å². The van der Waals surface area contributed by atoms with Gasteiger partial charge in [-0.3, -0.25) is 4.79 Å². The molecule has 0 aliphatic carbocycles. The second-order valence-corrected chi connectivity index (χ2v) is 3.81. The number of halogens is 1. The molecule has 0 spiro atoms. The fourth-order valence-corrected chi connectivity index (χ4v) is 1.94. The number of aromatic nitrogens is 1. The largest absolute Gasteiger partial charge is 0.329 e. The molecule has 2 nitrogen and oxygen atoms in total. The maximum absolute atomic E-state index is 11.5.